The van der Waals surface area contributed by atoms with Gasteiger partial charge in [-0.25, -0.2) is 0 Å². The monoisotopic (exact) mass is 122 g/mol. The minimum absolute atomic E-state index is 0. The Balaban J connectivity index is 0. The molecule has 0 aliphatic carbocycles. The van der Waals surface area contributed by atoms with Crippen LogP contribution >= 0.6 is 0 Å². The van der Waals surface area contributed by atoms with E-state index < -0.39 is 0 Å². The predicted octanol–water partition coefficient (Wildman–Crippen LogP) is 1.80. The Morgan fingerprint density at radius 2 is 1.20 bits per heavy atom. The van der Waals surface area contributed by atoms with Crippen LogP contribution in [0.25, 0.3) is 0 Å². The van der Waals surface area contributed by atoms with E-state index >= 15 is 0 Å². The Bertz CT molecular complexity index is 5.61. The molecule has 0 aliphatic rings. The Kier molecular flexibility index (Phi) is 16.2. The van der Waals surface area contributed by atoms with Crippen LogP contribution in [0.2, 0.25) is 0 Å². The zero-order valence-corrected chi connectivity index (χ0v) is 7.09. The number of unbranched alkanes of at least 4 members (excludes halogenated alkanes) is 1. The number of rotatable bonds is 1. The quantitative estimate of drug-likeness (QED) is 0.467. The van der Waals surface area contributed by atoms with Gasteiger partial charge < -0.3 is 0 Å². The van der Waals surface area contributed by atoms with E-state index in [9.17, 15) is 0 Å². The first-order valence-electron chi connectivity index (χ1n) is 1.91. The van der Waals surface area contributed by atoms with Gasteiger partial charge in [-0.2, -0.15) is 0 Å². The number of hydrogen-bond acceptors (Lipinski definition) is 0. The molecule has 0 atom stereocenters. The summed E-state index contributed by atoms with van der Waals surface area (Å²) < 4.78 is 0. The molecule has 0 heterocycles. The molecule has 5 heavy (non-hydrogen) atoms. The van der Waals surface area contributed by atoms with E-state index in [1.165, 1.54) is 12.8 Å². The van der Waals surface area contributed by atoms with Crippen LogP contribution in [0.4, 0.5) is 0 Å². The largest absolute Gasteiger partial charge is 0.0654 e. The van der Waals surface area contributed by atoms with E-state index in [4.69, 9.17) is 0 Å². The van der Waals surface area contributed by atoms with Crippen molar-refractivity contribution in [3.8, 4) is 0 Å². The molecule has 0 nitrogen and oxygen atoms in total. The van der Waals surface area contributed by atoms with Crippen LogP contribution in [0.5, 0.6) is 0 Å². The van der Waals surface area contributed by atoms with Gasteiger partial charge in [-0.3, -0.25) is 0 Å². The van der Waals surface area contributed by atoms with E-state index in [1.807, 2.05) is 0 Å². The van der Waals surface area contributed by atoms with Crippen LogP contribution in [0.3, 0.4) is 0 Å². The summed E-state index contributed by atoms with van der Waals surface area (Å²) >= 11 is 0. The fourth-order valence-electron chi connectivity index (χ4n) is 0. The van der Waals surface area contributed by atoms with Crippen molar-refractivity contribution in [1.82, 2.24) is 0 Å². The molecule has 0 aliphatic heterocycles. The van der Waals surface area contributed by atoms with Gasteiger partial charge in [0.1, 0.15) is 0 Å². The van der Waals surface area contributed by atoms with Crippen molar-refractivity contribution in [2.24, 2.45) is 0 Å². The van der Waals surface area contributed by atoms with E-state index in [2.05, 4.69) is 13.8 Å². The summed E-state index contributed by atoms with van der Waals surface area (Å²) in [5.41, 5.74) is 0. The van der Waals surface area contributed by atoms with Crippen molar-refractivity contribution in [1.29, 1.82) is 0 Å². The van der Waals surface area contributed by atoms with Crippen LogP contribution in [-0.2, 0) is 19.5 Å². The average molecular weight is 124 g/mol. The average Bonchev–Trinajstić information content (AvgIpc) is 1.37. The molecule has 0 N–H and O–H groups in total. The Hall–Kier alpha value is 0.623. The van der Waals surface area contributed by atoms with Gasteiger partial charge in [-0.15, -0.1) is 0 Å². The van der Waals surface area contributed by atoms with E-state index in [0.29, 0.717) is 0 Å². The molecule has 0 unspecified atom stereocenters. The van der Waals surface area contributed by atoms with Crippen molar-refractivity contribution >= 4 is 0 Å². The standard InChI is InChI=1S/C4H10.Zn/c1-3-4-2;/h3-4H2,1-2H3;. The molecule has 0 radical (unpaired) electrons. The SMILES string of the molecule is CCCC.[Zn]. The van der Waals surface area contributed by atoms with Crippen molar-refractivity contribution < 1.29 is 19.5 Å². The molecule has 28 valence electrons. The second-order valence-electron chi connectivity index (χ2n) is 1.000. The molecule has 0 amide bonds. The predicted molar refractivity (Wildman–Crippen MR) is 20.6 cm³/mol. The van der Waals surface area contributed by atoms with Crippen LogP contribution < -0.4 is 0 Å². The van der Waals surface area contributed by atoms with Crippen LogP contribution in [0.1, 0.15) is 26.7 Å². The molecular formula is C4H10Zn. The molecule has 0 saturated carbocycles. The fraction of sp³-hybridized carbons (Fsp3) is 1.00. The van der Waals surface area contributed by atoms with Gasteiger partial charge >= 0.3 is 0 Å². The molecule has 0 aromatic carbocycles. The molecule has 1 heteroatoms. The summed E-state index contributed by atoms with van der Waals surface area (Å²) in [6.07, 6.45) is 2.64. The van der Waals surface area contributed by atoms with Crippen molar-refractivity contribution in [3.63, 3.8) is 0 Å². The van der Waals surface area contributed by atoms with Crippen molar-refractivity contribution in [2.45, 2.75) is 26.7 Å². The van der Waals surface area contributed by atoms with Gasteiger partial charge in [0.05, 0.1) is 0 Å². The van der Waals surface area contributed by atoms with Crippen molar-refractivity contribution in [3.05, 3.63) is 0 Å². The van der Waals surface area contributed by atoms with Gasteiger partial charge in [0, 0.05) is 19.5 Å². The maximum atomic E-state index is 2.18. The molecule has 0 rings (SSSR count). The molecule has 0 saturated heterocycles. The maximum Gasteiger partial charge on any atom is 0 e. The third kappa shape index (κ3) is 12.1. The van der Waals surface area contributed by atoms with E-state index in [-0.39, 0.29) is 19.5 Å². The zero-order valence-electron chi connectivity index (χ0n) is 4.12. The summed E-state index contributed by atoms with van der Waals surface area (Å²) in [7, 11) is 0. The zero-order chi connectivity index (χ0) is 3.41. The second kappa shape index (κ2) is 8.82. The molecule has 0 bridgehead atoms. The molecule has 0 fully saturated rings. The first-order chi connectivity index (χ1) is 1.91. The third-order valence-electron chi connectivity index (χ3n) is 0.500. The minimum atomic E-state index is 0. The van der Waals surface area contributed by atoms with E-state index in [1.54, 1.807) is 0 Å². The van der Waals surface area contributed by atoms with Crippen molar-refractivity contribution in [2.75, 3.05) is 0 Å². The Morgan fingerprint density at radius 1 is 1.00 bits per heavy atom. The normalized spacial score (nSPS) is 6.00. The molecule has 0 spiro atoms. The summed E-state index contributed by atoms with van der Waals surface area (Å²) in [5, 5.41) is 0. The minimum Gasteiger partial charge on any atom is -0.0654 e. The topological polar surface area (TPSA) is 0 Å². The van der Waals surface area contributed by atoms with E-state index in [0.717, 1.165) is 0 Å². The van der Waals surface area contributed by atoms with Gasteiger partial charge in [-0.05, 0) is 0 Å². The smallest absolute Gasteiger partial charge is 0 e. The van der Waals surface area contributed by atoms with Crippen LogP contribution in [0.15, 0.2) is 0 Å². The Morgan fingerprint density at radius 3 is 1.20 bits per heavy atom. The summed E-state index contributed by atoms with van der Waals surface area (Å²) in [5.74, 6) is 0. The van der Waals surface area contributed by atoms with Gasteiger partial charge in [0.25, 0.3) is 0 Å². The van der Waals surface area contributed by atoms with Gasteiger partial charge in [0.2, 0.25) is 0 Å². The third-order valence-corrected chi connectivity index (χ3v) is 0.500. The number of hydrogen-bond donors (Lipinski definition) is 0. The second-order valence-corrected chi connectivity index (χ2v) is 1.000. The van der Waals surface area contributed by atoms with Gasteiger partial charge in [-0.1, -0.05) is 26.7 Å². The first-order valence-corrected chi connectivity index (χ1v) is 1.91. The summed E-state index contributed by atoms with van der Waals surface area (Å²) in [6.45, 7) is 4.36. The molecular weight excluding hydrogens is 113 g/mol. The Labute approximate surface area is 46.7 Å². The molecule has 0 aromatic heterocycles. The van der Waals surface area contributed by atoms with Crippen LogP contribution in [-0.4, -0.2) is 0 Å². The fourth-order valence-corrected chi connectivity index (χ4v) is 0. The first kappa shape index (κ1) is 9.16. The van der Waals surface area contributed by atoms with Crippen LogP contribution in [0, 0.1) is 0 Å². The molecule has 0 aromatic rings. The van der Waals surface area contributed by atoms with Gasteiger partial charge in [0.15, 0.2) is 0 Å². The summed E-state index contributed by atoms with van der Waals surface area (Å²) in [6, 6.07) is 0. The summed E-state index contributed by atoms with van der Waals surface area (Å²) in [4.78, 5) is 0. The maximum absolute atomic E-state index is 2.18.